The number of nitrogens with one attached hydrogen (secondary N) is 1. The maximum Gasteiger partial charge on any atom is 0.141 e. The first-order valence-electron chi connectivity index (χ1n) is 6.94. The highest BCUT2D eigenvalue weighted by Gasteiger charge is 2.16. The fourth-order valence-electron chi connectivity index (χ4n) is 2.36. The number of aryl methyl sites for hydroxylation is 1. The van der Waals surface area contributed by atoms with Crippen molar-refractivity contribution in [2.45, 2.75) is 26.3 Å². The SMILES string of the molecule is CCNC(Cc1ccc(F)c(Cl)c1)c1ccc(C)cc1F. The summed E-state index contributed by atoms with van der Waals surface area (Å²) in [6.45, 7) is 4.54. The van der Waals surface area contributed by atoms with E-state index in [1.807, 2.05) is 19.9 Å². The van der Waals surface area contributed by atoms with Gasteiger partial charge in [-0.05, 0) is 49.2 Å². The smallest absolute Gasteiger partial charge is 0.141 e. The lowest BCUT2D eigenvalue weighted by Crippen LogP contribution is -2.24. The first kappa shape index (κ1) is 15.9. The predicted molar refractivity (Wildman–Crippen MR) is 82.7 cm³/mol. The van der Waals surface area contributed by atoms with Gasteiger partial charge in [-0.15, -0.1) is 0 Å². The van der Waals surface area contributed by atoms with Crippen LogP contribution >= 0.6 is 11.6 Å². The molecule has 0 amide bonds. The Morgan fingerprint density at radius 1 is 1.10 bits per heavy atom. The minimum atomic E-state index is -0.443. The maximum atomic E-state index is 14.1. The van der Waals surface area contributed by atoms with Gasteiger partial charge in [0.05, 0.1) is 5.02 Å². The second kappa shape index (κ2) is 7.01. The average Bonchev–Trinajstić information content (AvgIpc) is 2.42. The minimum absolute atomic E-state index is 0.0899. The van der Waals surface area contributed by atoms with E-state index >= 15 is 0 Å². The summed E-state index contributed by atoms with van der Waals surface area (Å²) in [6, 6.07) is 9.65. The third kappa shape index (κ3) is 4.02. The minimum Gasteiger partial charge on any atom is -0.310 e. The van der Waals surface area contributed by atoms with Gasteiger partial charge in [0.2, 0.25) is 0 Å². The van der Waals surface area contributed by atoms with Crippen molar-refractivity contribution in [2.24, 2.45) is 0 Å². The van der Waals surface area contributed by atoms with Crippen LogP contribution in [-0.4, -0.2) is 6.54 Å². The van der Waals surface area contributed by atoms with Gasteiger partial charge in [-0.2, -0.15) is 0 Å². The molecule has 0 aliphatic carbocycles. The van der Waals surface area contributed by atoms with Crippen LogP contribution in [0, 0.1) is 18.6 Å². The number of likely N-dealkylation sites (N-methyl/N-ethyl adjacent to an activating group) is 1. The molecule has 2 aromatic carbocycles. The maximum absolute atomic E-state index is 14.1. The molecule has 21 heavy (non-hydrogen) atoms. The van der Waals surface area contributed by atoms with E-state index in [1.165, 1.54) is 12.1 Å². The zero-order chi connectivity index (χ0) is 15.4. The van der Waals surface area contributed by atoms with Gasteiger partial charge in [0, 0.05) is 11.6 Å². The van der Waals surface area contributed by atoms with Crippen LogP contribution in [0.4, 0.5) is 8.78 Å². The van der Waals surface area contributed by atoms with Crippen molar-refractivity contribution in [1.82, 2.24) is 5.32 Å². The summed E-state index contributed by atoms with van der Waals surface area (Å²) < 4.78 is 27.4. The van der Waals surface area contributed by atoms with Crippen molar-refractivity contribution in [1.29, 1.82) is 0 Å². The molecule has 0 aromatic heterocycles. The summed E-state index contributed by atoms with van der Waals surface area (Å²) in [5, 5.41) is 3.35. The molecule has 2 aromatic rings. The highest BCUT2D eigenvalue weighted by Crippen LogP contribution is 2.24. The molecule has 1 unspecified atom stereocenters. The molecule has 0 saturated carbocycles. The third-order valence-electron chi connectivity index (χ3n) is 3.41. The predicted octanol–water partition coefficient (Wildman–Crippen LogP) is 4.82. The van der Waals surface area contributed by atoms with Gasteiger partial charge < -0.3 is 5.32 Å². The van der Waals surface area contributed by atoms with Gasteiger partial charge in [-0.3, -0.25) is 0 Å². The van der Waals surface area contributed by atoms with Gasteiger partial charge in [0.1, 0.15) is 11.6 Å². The van der Waals surface area contributed by atoms with Gasteiger partial charge >= 0.3 is 0 Å². The summed E-state index contributed by atoms with van der Waals surface area (Å²) in [5.74, 6) is -0.670. The number of hydrogen-bond donors (Lipinski definition) is 1. The van der Waals surface area contributed by atoms with Gasteiger partial charge in [-0.25, -0.2) is 8.78 Å². The van der Waals surface area contributed by atoms with Crippen molar-refractivity contribution in [3.63, 3.8) is 0 Å². The van der Waals surface area contributed by atoms with Crippen molar-refractivity contribution in [3.05, 3.63) is 69.7 Å². The van der Waals surface area contributed by atoms with Crippen LogP contribution in [0.1, 0.15) is 29.7 Å². The second-order valence-corrected chi connectivity index (χ2v) is 5.50. The zero-order valence-corrected chi connectivity index (χ0v) is 12.8. The molecule has 0 spiro atoms. The monoisotopic (exact) mass is 309 g/mol. The van der Waals surface area contributed by atoms with Gasteiger partial charge in [-0.1, -0.05) is 36.7 Å². The molecule has 0 bridgehead atoms. The Labute approximate surface area is 128 Å². The van der Waals surface area contributed by atoms with Crippen molar-refractivity contribution < 1.29 is 8.78 Å². The van der Waals surface area contributed by atoms with E-state index in [1.54, 1.807) is 18.2 Å². The molecule has 0 aliphatic rings. The highest BCUT2D eigenvalue weighted by molar-refractivity contribution is 6.30. The van der Waals surface area contributed by atoms with Gasteiger partial charge in [0.15, 0.2) is 0 Å². The molecule has 112 valence electrons. The third-order valence-corrected chi connectivity index (χ3v) is 3.70. The first-order chi connectivity index (χ1) is 10.0. The molecule has 0 saturated heterocycles. The molecule has 1 nitrogen and oxygen atoms in total. The van der Waals surface area contributed by atoms with Crippen LogP contribution in [0.2, 0.25) is 5.02 Å². The Morgan fingerprint density at radius 2 is 1.86 bits per heavy atom. The molecule has 0 heterocycles. The van der Waals surface area contributed by atoms with E-state index in [4.69, 9.17) is 11.6 Å². The Kier molecular flexibility index (Phi) is 5.32. The number of benzene rings is 2. The quantitative estimate of drug-likeness (QED) is 0.835. The second-order valence-electron chi connectivity index (χ2n) is 5.09. The average molecular weight is 310 g/mol. The molecular formula is C17H18ClF2N. The Balaban J connectivity index is 2.28. The molecule has 1 atom stereocenters. The first-order valence-corrected chi connectivity index (χ1v) is 7.32. The Bertz CT molecular complexity index is 628. The summed E-state index contributed by atoms with van der Waals surface area (Å²) in [5.41, 5.74) is 2.37. The lowest BCUT2D eigenvalue weighted by molar-refractivity contribution is 0.509. The van der Waals surface area contributed by atoms with Crippen LogP contribution in [0.5, 0.6) is 0 Å². The van der Waals surface area contributed by atoms with Crippen LogP contribution in [-0.2, 0) is 6.42 Å². The van der Waals surface area contributed by atoms with E-state index < -0.39 is 5.82 Å². The summed E-state index contributed by atoms with van der Waals surface area (Å²) in [7, 11) is 0. The van der Waals surface area contributed by atoms with Crippen molar-refractivity contribution in [2.75, 3.05) is 6.54 Å². The molecule has 1 N–H and O–H groups in total. The van der Waals surface area contributed by atoms with E-state index in [-0.39, 0.29) is 16.9 Å². The fourth-order valence-corrected chi connectivity index (χ4v) is 2.56. The molecule has 4 heteroatoms. The summed E-state index contributed by atoms with van der Waals surface area (Å²) >= 11 is 5.80. The standard InChI is InChI=1S/C17H18ClF2N/c1-3-21-17(13-6-4-11(2)8-16(13)20)10-12-5-7-15(19)14(18)9-12/h4-9,17,21H,3,10H2,1-2H3. The van der Waals surface area contributed by atoms with Crippen LogP contribution in [0.15, 0.2) is 36.4 Å². The lowest BCUT2D eigenvalue weighted by Gasteiger charge is -2.19. The number of hydrogen-bond acceptors (Lipinski definition) is 1. The van der Waals surface area contributed by atoms with Crippen LogP contribution in [0.25, 0.3) is 0 Å². The normalized spacial score (nSPS) is 12.4. The molecule has 0 fully saturated rings. The van der Waals surface area contributed by atoms with Gasteiger partial charge in [0.25, 0.3) is 0 Å². The molecule has 0 radical (unpaired) electrons. The van der Waals surface area contributed by atoms with Crippen LogP contribution in [0.3, 0.4) is 0 Å². The molecular weight excluding hydrogens is 292 g/mol. The van der Waals surface area contributed by atoms with E-state index in [2.05, 4.69) is 5.32 Å². The molecule has 0 aliphatic heterocycles. The summed E-state index contributed by atoms with van der Waals surface area (Å²) in [6.07, 6.45) is 0.549. The Hall–Kier alpha value is -1.45. The van der Waals surface area contributed by atoms with Crippen molar-refractivity contribution >= 4 is 11.6 Å². The zero-order valence-electron chi connectivity index (χ0n) is 12.1. The lowest BCUT2D eigenvalue weighted by atomic mass is 9.97. The van der Waals surface area contributed by atoms with Crippen molar-refractivity contribution in [3.8, 4) is 0 Å². The fraction of sp³-hybridized carbons (Fsp3) is 0.294. The van der Waals surface area contributed by atoms with E-state index in [0.717, 1.165) is 11.1 Å². The highest BCUT2D eigenvalue weighted by atomic mass is 35.5. The topological polar surface area (TPSA) is 12.0 Å². The van der Waals surface area contributed by atoms with Crippen LogP contribution < -0.4 is 5.32 Å². The number of halogens is 3. The number of rotatable bonds is 5. The van der Waals surface area contributed by atoms with E-state index in [9.17, 15) is 8.78 Å². The molecule has 2 rings (SSSR count). The largest absolute Gasteiger partial charge is 0.310 e. The Morgan fingerprint density at radius 3 is 2.48 bits per heavy atom. The van der Waals surface area contributed by atoms with E-state index in [0.29, 0.717) is 18.5 Å². The summed E-state index contributed by atoms with van der Waals surface area (Å²) in [4.78, 5) is 0.